The van der Waals surface area contributed by atoms with Crippen molar-refractivity contribution in [1.29, 1.82) is 0 Å². The van der Waals surface area contributed by atoms with E-state index in [4.69, 9.17) is 0 Å². The van der Waals surface area contributed by atoms with Crippen molar-refractivity contribution < 1.29 is 8.42 Å². The SMILES string of the molecule is C=C(C)CC(C1CC1)C1CCC(CCC2CCCC(C(C)C)C2)C(CS(=O)(=O)c2ccc3ccccc3c2)C1. The molecule has 0 heterocycles. The van der Waals surface area contributed by atoms with Crippen LogP contribution in [0.2, 0.25) is 0 Å². The molecule has 39 heavy (non-hydrogen) atoms. The lowest BCUT2D eigenvalue weighted by molar-refractivity contribution is 0.118. The highest BCUT2D eigenvalue weighted by atomic mass is 32.2. The predicted octanol–water partition coefficient (Wildman–Crippen LogP) is 9.88. The fraction of sp³-hybridized carbons (Fsp3) is 0.667. The van der Waals surface area contributed by atoms with Crippen molar-refractivity contribution in [2.75, 3.05) is 5.75 Å². The maximum atomic E-state index is 13.9. The van der Waals surface area contributed by atoms with Crippen LogP contribution in [-0.2, 0) is 9.84 Å². The third kappa shape index (κ3) is 7.38. The average molecular weight is 549 g/mol. The summed E-state index contributed by atoms with van der Waals surface area (Å²) < 4.78 is 27.8. The summed E-state index contributed by atoms with van der Waals surface area (Å²) in [5.74, 6) is 5.84. The minimum atomic E-state index is -3.34. The third-order valence-electron chi connectivity index (χ3n) is 10.8. The van der Waals surface area contributed by atoms with Crippen LogP contribution >= 0.6 is 0 Å². The van der Waals surface area contributed by atoms with E-state index >= 15 is 0 Å². The van der Waals surface area contributed by atoms with Gasteiger partial charge in [0.2, 0.25) is 0 Å². The second kappa shape index (κ2) is 12.5. The Morgan fingerprint density at radius 2 is 1.59 bits per heavy atom. The van der Waals surface area contributed by atoms with Crippen LogP contribution in [0.15, 0.2) is 59.5 Å². The number of fused-ring (bicyclic) bond motifs is 1. The first-order valence-electron chi connectivity index (χ1n) is 16.1. The van der Waals surface area contributed by atoms with Crippen LogP contribution in [0.4, 0.5) is 0 Å². The maximum absolute atomic E-state index is 13.9. The molecule has 2 aromatic carbocycles. The van der Waals surface area contributed by atoms with Gasteiger partial charge in [0, 0.05) is 0 Å². The summed E-state index contributed by atoms with van der Waals surface area (Å²) >= 11 is 0. The molecule has 0 N–H and O–H groups in total. The van der Waals surface area contributed by atoms with Gasteiger partial charge in [0.05, 0.1) is 10.6 Å². The molecule has 3 fully saturated rings. The van der Waals surface area contributed by atoms with Gasteiger partial charge in [-0.2, -0.15) is 0 Å². The van der Waals surface area contributed by atoms with E-state index in [-0.39, 0.29) is 5.92 Å². The van der Waals surface area contributed by atoms with Gasteiger partial charge in [-0.25, -0.2) is 8.42 Å². The van der Waals surface area contributed by atoms with E-state index in [1.165, 1.54) is 69.8 Å². The molecule has 0 aliphatic heterocycles. The summed E-state index contributed by atoms with van der Waals surface area (Å²) in [5.41, 5.74) is 1.30. The van der Waals surface area contributed by atoms with E-state index in [1.54, 1.807) is 0 Å². The number of sulfone groups is 1. The van der Waals surface area contributed by atoms with E-state index < -0.39 is 9.84 Å². The van der Waals surface area contributed by atoms with Crippen LogP contribution in [0, 0.1) is 47.3 Å². The monoisotopic (exact) mass is 548 g/mol. The van der Waals surface area contributed by atoms with Crippen LogP contribution in [0.5, 0.6) is 0 Å². The first-order chi connectivity index (χ1) is 18.7. The van der Waals surface area contributed by atoms with E-state index in [1.807, 2.05) is 36.4 Å². The number of allylic oxidation sites excluding steroid dienone is 1. The van der Waals surface area contributed by atoms with Gasteiger partial charge in [-0.05, 0) is 129 Å². The molecule has 3 aliphatic carbocycles. The van der Waals surface area contributed by atoms with Gasteiger partial charge in [-0.1, -0.05) is 75.4 Å². The van der Waals surface area contributed by atoms with Crippen molar-refractivity contribution in [2.45, 2.75) is 103 Å². The second-order valence-corrected chi connectivity index (χ2v) is 16.2. The molecule has 6 atom stereocenters. The molecule has 0 radical (unpaired) electrons. The Bertz CT molecular complexity index is 1220. The smallest absolute Gasteiger partial charge is 0.178 e. The molecule has 0 bridgehead atoms. The fourth-order valence-corrected chi connectivity index (χ4v) is 10.1. The van der Waals surface area contributed by atoms with Gasteiger partial charge in [0.25, 0.3) is 0 Å². The Balaban J connectivity index is 1.33. The zero-order chi connectivity index (χ0) is 27.6. The largest absolute Gasteiger partial charge is 0.224 e. The number of hydrogen-bond acceptors (Lipinski definition) is 2. The fourth-order valence-electron chi connectivity index (χ4n) is 8.37. The summed E-state index contributed by atoms with van der Waals surface area (Å²) in [4.78, 5) is 0.509. The highest BCUT2D eigenvalue weighted by molar-refractivity contribution is 7.91. The molecule has 3 saturated carbocycles. The summed E-state index contributed by atoms with van der Waals surface area (Å²) in [7, 11) is -3.34. The predicted molar refractivity (Wildman–Crippen MR) is 165 cm³/mol. The molecule has 0 saturated heterocycles. The van der Waals surface area contributed by atoms with Crippen molar-refractivity contribution in [3.8, 4) is 0 Å². The summed E-state index contributed by atoms with van der Waals surface area (Å²) in [6.45, 7) is 11.2. The van der Waals surface area contributed by atoms with E-state index in [0.717, 1.165) is 47.3 Å². The summed E-state index contributed by atoms with van der Waals surface area (Å²) in [6, 6.07) is 13.8. The van der Waals surface area contributed by atoms with Crippen LogP contribution in [0.25, 0.3) is 10.8 Å². The first-order valence-corrected chi connectivity index (χ1v) is 17.7. The molecule has 2 aromatic rings. The molecule has 0 aromatic heterocycles. The normalized spacial score (nSPS) is 29.0. The Labute approximate surface area is 239 Å². The molecule has 3 heteroatoms. The van der Waals surface area contributed by atoms with Crippen LogP contribution in [0.1, 0.15) is 97.8 Å². The Kier molecular flexibility index (Phi) is 9.26. The van der Waals surface area contributed by atoms with E-state index in [0.29, 0.717) is 28.4 Å². The van der Waals surface area contributed by atoms with Gasteiger partial charge in [0.1, 0.15) is 0 Å². The first kappa shape index (κ1) is 28.9. The van der Waals surface area contributed by atoms with E-state index in [2.05, 4.69) is 33.4 Å². The number of benzene rings is 2. The second-order valence-electron chi connectivity index (χ2n) is 14.2. The third-order valence-corrected chi connectivity index (χ3v) is 12.7. The van der Waals surface area contributed by atoms with E-state index in [9.17, 15) is 8.42 Å². The maximum Gasteiger partial charge on any atom is 0.178 e. The van der Waals surface area contributed by atoms with Gasteiger partial charge < -0.3 is 0 Å². The lowest BCUT2D eigenvalue weighted by Gasteiger charge is -2.41. The molecule has 6 unspecified atom stereocenters. The molecule has 0 amide bonds. The Hall–Kier alpha value is -1.61. The van der Waals surface area contributed by atoms with Crippen molar-refractivity contribution in [2.24, 2.45) is 47.3 Å². The quantitative estimate of drug-likeness (QED) is 0.262. The van der Waals surface area contributed by atoms with Crippen molar-refractivity contribution in [1.82, 2.24) is 0 Å². The van der Waals surface area contributed by atoms with Crippen LogP contribution in [0.3, 0.4) is 0 Å². The number of rotatable bonds is 11. The molecular formula is C36H52O2S. The molecule has 0 spiro atoms. The van der Waals surface area contributed by atoms with Gasteiger partial charge in [-0.15, -0.1) is 6.58 Å². The zero-order valence-corrected chi connectivity index (χ0v) is 25.6. The lowest BCUT2D eigenvalue weighted by Crippen LogP contribution is -2.34. The zero-order valence-electron chi connectivity index (χ0n) is 24.8. The van der Waals surface area contributed by atoms with Crippen molar-refractivity contribution >= 4 is 20.6 Å². The molecule has 214 valence electrons. The standard InChI is InChI=1S/C36H52O2S/c1-25(2)20-36(30-15-16-30)33-17-14-29(13-12-27-8-7-11-31(21-27)26(3)4)34(22-33)24-39(37,38)35-19-18-28-9-5-6-10-32(28)23-35/h5-6,9-10,18-19,23,26-27,29-31,33-34,36H,1,7-8,11-17,20-22,24H2,2-4H3. The highest BCUT2D eigenvalue weighted by Crippen LogP contribution is 2.50. The van der Waals surface area contributed by atoms with Crippen LogP contribution in [-0.4, -0.2) is 14.2 Å². The van der Waals surface area contributed by atoms with Crippen molar-refractivity contribution in [3.63, 3.8) is 0 Å². The summed E-state index contributed by atoms with van der Waals surface area (Å²) in [6.07, 6.45) is 15.5. The molecule has 5 rings (SSSR count). The average Bonchev–Trinajstić information content (AvgIpc) is 3.76. The summed E-state index contributed by atoms with van der Waals surface area (Å²) in [5, 5.41) is 2.12. The molecular weight excluding hydrogens is 496 g/mol. The Morgan fingerprint density at radius 1 is 0.846 bits per heavy atom. The van der Waals surface area contributed by atoms with Gasteiger partial charge >= 0.3 is 0 Å². The van der Waals surface area contributed by atoms with Gasteiger partial charge in [0.15, 0.2) is 9.84 Å². The molecule has 3 aliphatic rings. The van der Waals surface area contributed by atoms with Crippen molar-refractivity contribution in [3.05, 3.63) is 54.6 Å². The van der Waals surface area contributed by atoms with Gasteiger partial charge in [-0.3, -0.25) is 0 Å². The topological polar surface area (TPSA) is 34.1 Å². The Morgan fingerprint density at radius 3 is 2.31 bits per heavy atom. The minimum absolute atomic E-state index is 0.274. The lowest BCUT2D eigenvalue weighted by atomic mass is 9.66. The molecule has 2 nitrogen and oxygen atoms in total. The van der Waals surface area contributed by atoms with Crippen LogP contribution < -0.4 is 0 Å². The minimum Gasteiger partial charge on any atom is -0.224 e. The number of hydrogen-bond donors (Lipinski definition) is 0. The highest BCUT2D eigenvalue weighted by Gasteiger charge is 2.42.